The van der Waals surface area contributed by atoms with E-state index in [0.29, 0.717) is 92.2 Å². The maximum absolute atomic E-state index is 12.3. The monoisotopic (exact) mass is 1040 g/mol. The van der Waals surface area contributed by atoms with Crippen LogP contribution in [0.1, 0.15) is 57.8 Å². The van der Waals surface area contributed by atoms with E-state index in [1.54, 1.807) is 0 Å². The van der Waals surface area contributed by atoms with E-state index in [2.05, 4.69) is 51.2 Å². The highest BCUT2D eigenvalue weighted by atomic mass is 35.5. The molecule has 0 aliphatic rings. The molecule has 4 aromatic rings. The van der Waals surface area contributed by atoms with Crippen LogP contribution in [0, 0.1) is 0 Å². The van der Waals surface area contributed by atoms with E-state index in [1.807, 2.05) is 48.5 Å². The molecule has 4 rings (SSSR count). The second-order valence-corrected chi connectivity index (χ2v) is 16.0. The summed E-state index contributed by atoms with van der Waals surface area (Å²) in [5, 5.41) is 10.0. The van der Waals surface area contributed by atoms with Crippen molar-refractivity contribution in [2.45, 2.75) is 38.5 Å². The number of anilines is 4. The van der Waals surface area contributed by atoms with Crippen molar-refractivity contribution >= 4 is 76.2 Å². The number of halogens is 2. The fraction of sp³-hybridized carbons (Fsp3) is 0.444. The quantitative estimate of drug-likeness (QED) is 0.0189. The lowest BCUT2D eigenvalue weighted by atomic mass is 10.1. The van der Waals surface area contributed by atoms with Gasteiger partial charge in [0.2, 0.25) is 0 Å². The normalized spacial score (nSPS) is 11.5. The van der Waals surface area contributed by atoms with Crippen LogP contribution < -0.4 is 65.1 Å². The van der Waals surface area contributed by atoms with Crippen LogP contribution in [0.25, 0.3) is 0 Å². The molecule has 0 saturated heterocycles. The van der Waals surface area contributed by atoms with E-state index in [1.165, 1.54) is 0 Å². The van der Waals surface area contributed by atoms with Gasteiger partial charge in [-0.15, -0.1) is 0 Å². The number of hydrogen-bond donors (Lipinski definition) is 10. The molecule has 4 amide bonds. The Morgan fingerprint density at radius 1 is 0.486 bits per heavy atom. The number of nitrogens with two attached hydrogens (primary N) is 6. The summed E-state index contributed by atoms with van der Waals surface area (Å²) in [7, 11) is 0. The van der Waals surface area contributed by atoms with Gasteiger partial charge in [-0.1, -0.05) is 47.5 Å². The molecular weight excluding hydrogens is 980 g/mol. The lowest BCUT2D eigenvalue weighted by Crippen LogP contribution is -2.39. The van der Waals surface area contributed by atoms with Crippen LogP contribution in [0.15, 0.2) is 58.5 Å². The predicted molar refractivity (Wildman–Crippen MR) is 274 cm³/mol. The van der Waals surface area contributed by atoms with Crippen molar-refractivity contribution in [1.82, 2.24) is 41.2 Å². The minimum Gasteiger partial charge on any atom is -0.491 e. The van der Waals surface area contributed by atoms with Crippen molar-refractivity contribution in [2.75, 3.05) is 115 Å². The average Bonchev–Trinajstić information content (AvgIpc) is 3.35. The van der Waals surface area contributed by atoms with Gasteiger partial charge < -0.3 is 73.5 Å². The Morgan fingerprint density at radius 3 is 1.24 bits per heavy atom. The number of ether oxygens (including phenoxy) is 6. The number of unbranched alkanes of at least 4 members (excludes halogenated alkanes) is 2. The summed E-state index contributed by atoms with van der Waals surface area (Å²) in [5.74, 6) is -0.527. The van der Waals surface area contributed by atoms with Gasteiger partial charge in [-0.25, -0.2) is 24.7 Å². The Morgan fingerprint density at radius 2 is 0.847 bits per heavy atom. The molecule has 2 heterocycles. The van der Waals surface area contributed by atoms with Gasteiger partial charge in [0, 0.05) is 26.2 Å². The average molecular weight is 1040 g/mol. The van der Waals surface area contributed by atoms with Crippen LogP contribution in [0.5, 0.6) is 11.5 Å². The van der Waals surface area contributed by atoms with Gasteiger partial charge in [0.15, 0.2) is 56.9 Å². The second kappa shape index (κ2) is 32.8. The molecule has 25 nitrogen and oxygen atoms in total. The van der Waals surface area contributed by atoms with Gasteiger partial charge >= 0.3 is 6.03 Å². The summed E-state index contributed by atoms with van der Waals surface area (Å²) in [5.41, 5.74) is 36.0. The topological polar surface area (TPSA) is 387 Å². The molecule has 0 fully saturated rings. The van der Waals surface area contributed by atoms with Crippen LogP contribution in [0.4, 0.5) is 28.1 Å². The van der Waals surface area contributed by atoms with E-state index in [-0.39, 0.29) is 62.9 Å². The van der Waals surface area contributed by atoms with Crippen LogP contribution in [0.3, 0.4) is 0 Å². The molecule has 72 heavy (non-hydrogen) atoms. The minimum absolute atomic E-state index is 0.0691. The predicted octanol–water partition coefficient (Wildman–Crippen LogP) is 1.86. The molecule has 0 radical (unpaired) electrons. The molecule has 0 unspecified atom stereocenters. The number of nitrogens with zero attached hydrogens (tertiary/aromatic N) is 6. The zero-order chi connectivity index (χ0) is 51.9. The first kappa shape index (κ1) is 57.5. The van der Waals surface area contributed by atoms with Crippen LogP contribution >= 0.6 is 23.2 Å². The van der Waals surface area contributed by atoms with Crippen molar-refractivity contribution in [3.8, 4) is 11.5 Å². The Kier molecular flexibility index (Phi) is 26.2. The molecule has 0 aliphatic carbocycles. The third kappa shape index (κ3) is 22.8. The number of urea groups is 1. The fourth-order valence-corrected chi connectivity index (χ4v) is 6.30. The minimum atomic E-state index is -0.686. The molecule has 0 atom stereocenters. The van der Waals surface area contributed by atoms with Crippen LogP contribution in [-0.2, 0) is 31.8 Å². The summed E-state index contributed by atoms with van der Waals surface area (Å²) in [6, 6.07) is 15.3. The van der Waals surface area contributed by atoms with Gasteiger partial charge in [-0.2, -0.15) is 0 Å². The largest absolute Gasteiger partial charge is 0.491 e. The summed E-state index contributed by atoms with van der Waals surface area (Å²) < 4.78 is 33.7. The van der Waals surface area contributed by atoms with Crippen molar-refractivity contribution < 1.29 is 42.8 Å². The molecule has 392 valence electrons. The third-order valence-electron chi connectivity index (χ3n) is 9.68. The van der Waals surface area contributed by atoms with E-state index in [9.17, 15) is 14.4 Å². The molecule has 27 heteroatoms. The standard InChI is InChI=1S/C45H64Cl2N16O9/c46-35-39(50)60-37(48)33(58-35)41(64)62-43(52)54-15-3-1-5-29-7-11-31(12-8-29)71-27-25-69-23-21-67-19-17-56-45(66)57-18-20-68-22-24-70-26-28-72-32-13-9-30(10-14-32)6-2-4-16-55-44(53)63-42(65)34-38(49)61-40(51)36(47)59-34/h7-14H,1-6,15-28H2,(H4,48,50,60)(H4,49,51,61)(H2,56,57,66)(H3,52,54,62,64)(H3,53,55,63,65). The number of aliphatic imine (C=N–C) groups is 2. The number of carbonyl (C=O) groups excluding carboxylic acids is 3. The number of rotatable bonds is 32. The van der Waals surface area contributed by atoms with Crippen molar-refractivity contribution in [3.05, 3.63) is 81.4 Å². The Labute approximate surface area is 426 Å². The van der Waals surface area contributed by atoms with E-state index < -0.39 is 11.8 Å². The molecular formula is C45H64Cl2N16O9. The molecule has 0 saturated carbocycles. The number of nitrogens with one attached hydrogen (secondary N) is 4. The first-order valence-corrected chi connectivity index (χ1v) is 23.7. The third-order valence-corrected chi connectivity index (χ3v) is 10.2. The second-order valence-electron chi connectivity index (χ2n) is 15.2. The lowest BCUT2D eigenvalue weighted by molar-refractivity contribution is 0.0368. The van der Waals surface area contributed by atoms with Crippen molar-refractivity contribution in [1.29, 1.82) is 0 Å². The highest BCUT2D eigenvalue weighted by Crippen LogP contribution is 2.19. The maximum atomic E-state index is 12.3. The fourth-order valence-electron chi connectivity index (χ4n) is 6.05. The highest BCUT2D eigenvalue weighted by molar-refractivity contribution is 6.32. The SMILES string of the molecule is NC(=NCCCCc1ccc(OCCOCCOCCNC(=O)NCCOCCOCCOc2ccc(CCCCN=C(N)NC(=O)c3nc(Cl)c(N)nc3N)cc2)cc1)NC(=O)c1nc(Cl)c(N)nc1N. The number of carbonyl (C=O) groups is 3. The van der Waals surface area contributed by atoms with E-state index in [0.717, 1.165) is 61.2 Å². The Hall–Kier alpha value is -7.03. The van der Waals surface area contributed by atoms with Gasteiger partial charge in [-0.3, -0.25) is 30.2 Å². The lowest BCUT2D eigenvalue weighted by Gasteiger charge is -2.10. The van der Waals surface area contributed by atoms with Gasteiger partial charge in [0.1, 0.15) is 24.7 Å². The Balaban J connectivity index is 0.874. The van der Waals surface area contributed by atoms with E-state index >= 15 is 0 Å². The number of benzene rings is 2. The molecule has 0 bridgehead atoms. The van der Waals surface area contributed by atoms with Crippen molar-refractivity contribution in [3.63, 3.8) is 0 Å². The molecule has 2 aromatic heterocycles. The summed E-state index contributed by atoms with van der Waals surface area (Å²) in [4.78, 5) is 60.2. The van der Waals surface area contributed by atoms with Gasteiger partial charge in [0.25, 0.3) is 11.8 Å². The van der Waals surface area contributed by atoms with Crippen LogP contribution in [-0.4, -0.2) is 142 Å². The first-order valence-electron chi connectivity index (χ1n) is 22.9. The highest BCUT2D eigenvalue weighted by Gasteiger charge is 2.18. The zero-order valence-electron chi connectivity index (χ0n) is 39.8. The van der Waals surface area contributed by atoms with Crippen LogP contribution in [0.2, 0.25) is 10.3 Å². The smallest absolute Gasteiger partial charge is 0.314 e. The number of aryl methyl sites for hydroxylation is 2. The summed E-state index contributed by atoms with van der Waals surface area (Å²) >= 11 is 11.6. The molecule has 0 aliphatic heterocycles. The summed E-state index contributed by atoms with van der Waals surface area (Å²) in [6.45, 7) is 5.32. The number of amides is 4. The zero-order valence-corrected chi connectivity index (χ0v) is 41.4. The number of guanidine groups is 2. The molecule has 16 N–H and O–H groups in total. The molecule has 2 aromatic carbocycles. The number of aromatic nitrogens is 4. The summed E-state index contributed by atoms with van der Waals surface area (Å²) in [6.07, 6.45) is 4.88. The first-order chi connectivity index (χ1) is 34.8. The van der Waals surface area contributed by atoms with Gasteiger partial charge in [-0.05, 0) is 73.9 Å². The van der Waals surface area contributed by atoms with Gasteiger partial charge in [0.05, 0.1) is 52.9 Å². The Bertz CT molecular complexity index is 2210. The van der Waals surface area contributed by atoms with E-state index in [4.69, 9.17) is 86.0 Å². The molecule has 0 spiro atoms. The number of nitrogen functional groups attached to an aromatic ring is 4. The maximum Gasteiger partial charge on any atom is 0.314 e. The van der Waals surface area contributed by atoms with Crippen molar-refractivity contribution in [2.24, 2.45) is 21.5 Å². The number of hydrogen-bond acceptors (Lipinski definition) is 19.